The highest BCUT2D eigenvalue weighted by Gasteiger charge is 2.26. The summed E-state index contributed by atoms with van der Waals surface area (Å²) in [6.07, 6.45) is 10.9. The van der Waals surface area contributed by atoms with E-state index in [0.29, 0.717) is 23.9 Å². The largest absolute Gasteiger partial charge is 0.367 e. The molecule has 0 spiro atoms. The van der Waals surface area contributed by atoms with E-state index >= 15 is 0 Å². The number of aryl methyl sites for hydroxylation is 2. The van der Waals surface area contributed by atoms with Crippen molar-refractivity contribution in [3.05, 3.63) is 40.3 Å². The Hall–Kier alpha value is -1.93. The second-order valence-electron chi connectivity index (χ2n) is 10.8. The molecule has 194 valence electrons. The first-order valence-electron chi connectivity index (χ1n) is 13.5. The van der Waals surface area contributed by atoms with Gasteiger partial charge in [-0.25, -0.2) is 4.98 Å². The van der Waals surface area contributed by atoms with Gasteiger partial charge in [0.1, 0.15) is 10.6 Å². The van der Waals surface area contributed by atoms with Crippen molar-refractivity contribution < 1.29 is 0 Å². The highest BCUT2D eigenvalue weighted by Crippen LogP contribution is 2.41. The number of piperidine rings is 1. The molecular formula is C28H39ClN6S. The zero-order chi connectivity index (χ0) is 23.8. The number of rotatable bonds is 6. The van der Waals surface area contributed by atoms with E-state index in [2.05, 4.69) is 59.2 Å². The number of aromatic nitrogens is 2. The van der Waals surface area contributed by atoms with E-state index in [4.69, 9.17) is 9.97 Å². The molecule has 6 rings (SSSR count). The number of hydrogen-bond donors (Lipinski definition) is 3. The molecule has 8 heteroatoms. The maximum Gasteiger partial charge on any atom is 0.230 e. The molecule has 0 radical (unpaired) electrons. The lowest BCUT2D eigenvalue weighted by atomic mass is 9.90. The van der Waals surface area contributed by atoms with Crippen molar-refractivity contribution in [2.24, 2.45) is 0 Å². The monoisotopic (exact) mass is 526 g/mol. The second kappa shape index (κ2) is 11.2. The second-order valence-corrected chi connectivity index (χ2v) is 11.9. The normalized spacial score (nSPS) is 22.4. The lowest BCUT2D eigenvalue weighted by Crippen LogP contribution is -2.36. The minimum Gasteiger partial charge on any atom is -0.367 e. The van der Waals surface area contributed by atoms with E-state index < -0.39 is 0 Å². The first kappa shape index (κ1) is 25.7. The number of anilines is 3. The molecule has 36 heavy (non-hydrogen) atoms. The van der Waals surface area contributed by atoms with Crippen molar-refractivity contribution in [1.82, 2.24) is 20.2 Å². The van der Waals surface area contributed by atoms with E-state index in [9.17, 15) is 0 Å². The number of fused-ring (bicyclic) bond motifs is 3. The molecule has 1 saturated heterocycles. The Balaban J connectivity index is 0.00000267. The maximum absolute atomic E-state index is 5.06. The Bertz CT molecular complexity index is 1160. The van der Waals surface area contributed by atoms with Crippen molar-refractivity contribution in [3.8, 4) is 0 Å². The van der Waals surface area contributed by atoms with Gasteiger partial charge < -0.3 is 20.9 Å². The predicted octanol–water partition coefficient (Wildman–Crippen LogP) is 6.10. The molecule has 1 aromatic carbocycles. The number of halogens is 1. The molecule has 0 amide bonds. The molecule has 1 saturated carbocycles. The number of nitrogens with one attached hydrogen (secondary N) is 3. The van der Waals surface area contributed by atoms with Gasteiger partial charge in [0, 0.05) is 22.6 Å². The molecule has 2 aromatic heterocycles. The smallest absolute Gasteiger partial charge is 0.230 e. The van der Waals surface area contributed by atoms with Gasteiger partial charge in [0.25, 0.3) is 0 Å². The summed E-state index contributed by atoms with van der Waals surface area (Å²) in [5.41, 5.74) is 4.00. The van der Waals surface area contributed by atoms with Gasteiger partial charge in [0.05, 0.1) is 5.39 Å². The summed E-state index contributed by atoms with van der Waals surface area (Å²) in [7, 11) is 4.41. The Morgan fingerprint density at radius 3 is 2.42 bits per heavy atom. The predicted molar refractivity (Wildman–Crippen MR) is 155 cm³/mol. The number of benzene rings is 1. The fourth-order valence-electron chi connectivity index (χ4n) is 6.21. The molecule has 6 nitrogen and oxygen atoms in total. The molecular weight excluding hydrogens is 488 g/mol. The van der Waals surface area contributed by atoms with Gasteiger partial charge in [-0.3, -0.25) is 0 Å². The van der Waals surface area contributed by atoms with Crippen LogP contribution in [0.4, 0.5) is 17.5 Å². The third kappa shape index (κ3) is 5.35. The van der Waals surface area contributed by atoms with E-state index in [1.54, 1.807) is 0 Å². The summed E-state index contributed by atoms with van der Waals surface area (Å²) >= 11 is 1.87. The van der Waals surface area contributed by atoms with Crippen molar-refractivity contribution in [2.45, 2.75) is 75.8 Å². The fourth-order valence-corrected chi connectivity index (χ4v) is 7.47. The molecule has 0 unspecified atom stereocenters. The zero-order valence-corrected chi connectivity index (χ0v) is 23.1. The molecule has 2 fully saturated rings. The van der Waals surface area contributed by atoms with E-state index in [1.165, 1.54) is 72.8 Å². The summed E-state index contributed by atoms with van der Waals surface area (Å²) in [5, 5.41) is 12.1. The Kier molecular flexibility index (Phi) is 8.01. The highest BCUT2D eigenvalue weighted by molar-refractivity contribution is 7.19. The summed E-state index contributed by atoms with van der Waals surface area (Å²) in [4.78, 5) is 15.1. The van der Waals surface area contributed by atoms with Gasteiger partial charge in [-0.2, -0.15) is 4.98 Å². The van der Waals surface area contributed by atoms with Gasteiger partial charge in [0.15, 0.2) is 0 Å². The van der Waals surface area contributed by atoms with E-state index in [1.807, 2.05) is 11.3 Å². The molecule has 0 bridgehead atoms. The van der Waals surface area contributed by atoms with Gasteiger partial charge >= 0.3 is 0 Å². The first-order valence-corrected chi connectivity index (χ1v) is 14.3. The van der Waals surface area contributed by atoms with Crippen LogP contribution in [0.15, 0.2) is 24.3 Å². The average Bonchev–Trinajstić information content (AvgIpc) is 3.47. The van der Waals surface area contributed by atoms with Crippen LogP contribution in [0.5, 0.6) is 0 Å². The molecule has 3 aliphatic rings. The van der Waals surface area contributed by atoms with Crippen LogP contribution in [-0.2, 0) is 12.8 Å². The average molecular weight is 527 g/mol. The molecule has 2 aliphatic carbocycles. The van der Waals surface area contributed by atoms with Crippen LogP contribution in [0.25, 0.3) is 10.2 Å². The van der Waals surface area contributed by atoms with Crippen LogP contribution in [0.2, 0.25) is 0 Å². The van der Waals surface area contributed by atoms with Gasteiger partial charge in [-0.15, -0.1) is 23.7 Å². The minimum absolute atomic E-state index is 0. The summed E-state index contributed by atoms with van der Waals surface area (Å²) in [6, 6.07) is 10.1. The van der Waals surface area contributed by atoms with Crippen molar-refractivity contribution in [1.29, 1.82) is 0 Å². The Labute approximate surface area is 225 Å². The third-order valence-corrected chi connectivity index (χ3v) is 9.50. The van der Waals surface area contributed by atoms with Crippen molar-refractivity contribution in [3.63, 3.8) is 0 Å². The quantitative estimate of drug-likeness (QED) is 0.361. The summed E-state index contributed by atoms with van der Waals surface area (Å²) < 4.78 is 0. The topological polar surface area (TPSA) is 65.1 Å². The van der Waals surface area contributed by atoms with Gasteiger partial charge in [-0.1, -0.05) is 12.1 Å². The molecule has 3 N–H and O–H groups in total. The minimum atomic E-state index is 0. The van der Waals surface area contributed by atoms with Crippen LogP contribution < -0.4 is 16.0 Å². The molecule has 1 aliphatic heterocycles. The lowest BCUT2D eigenvalue weighted by Gasteiger charge is -2.33. The Morgan fingerprint density at radius 1 is 0.944 bits per heavy atom. The van der Waals surface area contributed by atoms with E-state index in [-0.39, 0.29) is 12.4 Å². The van der Waals surface area contributed by atoms with Crippen LogP contribution in [0, 0.1) is 0 Å². The summed E-state index contributed by atoms with van der Waals surface area (Å²) in [6.45, 7) is 2.24. The first-order chi connectivity index (χ1) is 17.1. The van der Waals surface area contributed by atoms with Gasteiger partial charge in [0.2, 0.25) is 5.95 Å². The maximum atomic E-state index is 5.06. The molecule has 3 heterocycles. The lowest BCUT2D eigenvalue weighted by molar-refractivity contribution is 0.221. The third-order valence-electron chi connectivity index (χ3n) is 8.31. The van der Waals surface area contributed by atoms with E-state index in [0.717, 1.165) is 35.8 Å². The molecule has 0 atom stereocenters. The standard InChI is InChI=1S/C28H38N6S.ClH/c1-34(2)22-12-10-20(11-13-22)30-26-25-23-4-3-5-24(23)35-27(25)33-28(32-26)31-21-8-6-18(7-9-21)19-14-16-29-17-15-19;/h6-9,19-20,22,29H,3-5,10-17H2,1-2H3,(H2,30,31,32,33);1H. The van der Waals surface area contributed by atoms with Gasteiger partial charge in [-0.05, 0) is 114 Å². The molecule has 3 aromatic rings. The highest BCUT2D eigenvalue weighted by atomic mass is 35.5. The van der Waals surface area contributed by atoms with Crippen molar-refractivity contribution in [2.75, 3.05) is 37.8 Å². The van der Waals surface area contributed by atoms with Crippen molar-refractivity contribution >= 4 is 51.4 Å². The Morgan fingerprint density at radius 2 is 1.69 bits per heavy atom. The number of nitrogens with zero attached hydrogens (tertiary/aromatic N) is 3. The zero-order valence-electron chi connectivity index (χ0n) is 21.5. The number of thiophene rings is 1. The fraction of sp³-hybridized carbons (Fsp3) is 0.571. The van der Waals surface area contributed by atoms with Crippen LogP contribution in [0.3, 0.4) is 0 Å². The van der Waals surface area contributed by atoms with Crippen LogP contribution >= 0.6 is 23.7 Å². The SMILES string of the molecule is CN(C)C1CCC(Nc2nc(Nc3ccc(C4CCNCC4)cc3)nc3sc4c(c23)CCC4)CC1.Cl. The van der Waals surface area contributed by atoms with Crippen LogP contribution in [0.1, 0.15) is 66.9 Å². The van der Waals surface area contributed by atoms with Crippen LogP contribution in [-0.4, -0.2) is 54.1 Å². The summed E-state index contributed by atoms with van der Waals surface area (Å²) in [5.74, 6) is 2.41. The number of hydrogen-bond acceptors (Lipinski definition) is 7.